The first-order chi connectivity index (χ1) is 17.9. The molecule has 1 saturated heterocycles. The van der Waals surface area contributed by atoms with Crippen LogP contribution < -0.4 is 0 Å². The van der Waals surface area contributed by atoms with Crippen LogP contribution >= 0.6 is 0 Å². The average Bonchev–Trinajstić information content (AvgIpc) is 2.87. The molecule has 6 fully saturated rings. The number of carbonyl (C=O) groups is 4. The molecule has 9 heteroatoms. The fraction of sp³-hybridized carbons (Fsp3) is 0.655. The largest absolute Gasteiger partial charge is 0.455 e. The maximum Gasteiger partial charge on any atom is 0.338 e. The molecule has 6 aliphatic rings. The van der Waals surface area contributed by atoms with Crippen LogP contribution in [0.4, 0.5) is 0 Å². The van der Waals surface area contributed by atoms with Crippen LogP contribution in [0.5, 0.6) is 0 Å². The van der Waals surface area contributed by atoms with Crippen molar-refractivity contribution in [3.05, 3.63) is 35.9 Å². The Balaban J connectivity index is 1.45. The highest BCUT2D eigenvalue weighted by Gasteiger charge is 2.91. The van der Waals surface area contributed by atoms with Gasteiger partial charge >= 0.3 is 11.9 Å². The van der Waals surface area contributed by atoms with Gasteiger partial charge in [0.05, 0.1) is 29.6 Å². The van der Waals surface area contributed by atoms with Gasteiger partial charge < -0.3 is 24.4 Å². The highest BCUT2D eigenvalue weighted by Crippen LogP contribution is 2.85. The Morgan fingerprint density at radius 2 is 1.84 bits per heavy atom. The Morgan fingerprint density at radius 1 is 1.13 bits per heavy atom. The lowest BCUT2D eigenvalue weighted by Crippen LogP contribution is -2.92. The Morgan fingerprint density at radius 3 is 2.45 bits per heavy atom. The topological polar surface area (TPSA) is 136 Å². The third-order valence-electron chi connectivity index (χ3n) is 11.5. The van der Waals surface area contributed by atoms with Gasteiger partial charge in [-0.05, 0) is 49.7 Å². The molecular weight excluding hydrogens is 492 g/mol. The van der Waals surface area contributed by atoms with Crippen LogP contribution in [-0.2, 0) is 28.6 Å². The summed E-state index contributed by atoms with van der Waals surface area (Å²) in [6.45, 7) is 4.57. The molecule has 12 atom stereocenters. The Kier molecular flexibility index (Phi) is 4.70. The van der Waals surface area contributed by atoms with E-state index < -0.39 is 75.7 Å². The molecule has 5 aliphatic carbocycles. The Bertz CT molecular complexity index is 1280. The molecule has 0 bridgehead atoms. The minimum absolute atomic E-state index is 0.0157. The van der Waals surface area contributed by atoms with E-state index in [4.69, 9.17) is 14.2 Å². The van der Waals surface area contributed by atoms with E-state index in [0.29, 0.717) is 6.42 Å². The van der Waals surface area contributed by atoms with Crippen LogP contribution in [0.2, 0.25) is 0 Å². The standard InChI is InChI=1S/C29H32O9/c1-13-17-9-16-11-28(35)24(37-25(34)15-7-5-4-6-8-15)22-26(3,23(33)21(32)20(13)29(16,17)28)18(31)10-19-27(22,12-36-19)38-14(2)30/h4-8,13,16-20,22,24,31,35H,9-12H2,1-3H3. The summed E-state index contributed by atoms with van der Waals surface area (Å²) >= 11 is 0. The molecule has 7 rings (SSSR count). The number of Topliss-reactive ketones (excluding diaryl/α,β-unsaturated/α-hetero) is 2. The van der Waals surface area contributed by atoms with Crippen molar-refractivity contribution >= 4 is 23.5 Å². The van der Waals surface area contributed by atoms with Gasteiger partial charge in [0.25, 0.3) is 0 Å². The second-order valence-electron chi connectivity index (χ2n) is 12.7. The fourth-order valence-corrected chi connectivity index (χ4v) is 9.94. The second kappa shape index (κ2) is 7.31. The van der Waals surface area contributed by atoms with Gasteiger partial charge in [-0.2, -0.15) is 0 Å². The first kappa shape index (κ1) is 24.4. The van der Waals surface area contributed by atoms with Crippen LogP contribution in [0, 0.1) is 40.4 Å². The molecular formula is C29H32O9. The molecule has 2 N–H and O–H groups in total. The van der Waals surface area contributed by atoms with Crippen molar-refractivity contribution in [2.75, 3.05) is 6.61 Å². The quantitative estimate of drug-likeness (QED) is 0.445. The van der Waals surface area contributed by atoms with Gasteiger partial charge in [-0.1, -0.05) is 25.1 Å². The predicted octanol–water partition coefficient (Wildman–Crippen LogP) is 1.47. The third-order valence-corrected chi connectivity index (χ3v) is 11.5. The van der Waals surface area contributed by atoms with Crippen LogP contribution in [-0.4, -0.2) is 69.8 Å². The van der Waals surface area contributed by atoms with Crippen molar-refractivity contribution in [2.24, 2.45) is 40.4 Å². The second-order valence-corrected chi connectivity index (χ2v) is 12.7. The van der Waals surface area contributed by atoms with Gasteiger partial charge in [0.2, 0.25) is 11.6 Å². The SMILES string of the molecule is CC(=O)OC12COC1CC(O)C1(C)C(=O)C(=O)C3C(C)C4CC5CC(O)(C(OC(=O)c6ccccc6)C21)C543. The lowest BCUT2D eigenvalue weighted by atomic mass is 9.19. The molecule has 9 nitrogen and oxygen atoms in total. The molecule has 1 heterocycles. The number of carbonyl (C=O) groups excluding carboxylic acids is 4. The van der Waals surface area contributed by atoms with Crippen LogP contribution in [0.3, 0.4) is 0 Å². The molecule has 12 unspecified atom stereocenters. The number of benzene rings is 1. The van der Waals surface area contributed by atoms with Crippen molar-refractivity contribution < 1.29 is 43.6 Å². The summed E-state index contributed by atoms with van der Waals surface area (Å²) in [6, 6.07) is 8.34. The summed E-state index contributed by atoms with van der Waals surface area (Å²) in [5, 5.41) is 24.0. The van der Waals surface area contributed by atoms with Crippen LogP contribution in [0.15, 0.2) is 30.3 Å². The molecule has 38 heavy (non-hydrogen) atoms. The van der Waals surface area contributed by atoms with Crippen molar-refractivity contribution in [2.45, 2.75) is 69.5 Å². The number of hydrogen-bond acceptors (Lipinski definition) is 9. The average molecular weight is 525 g/mol. The van der Waals surface area contributed by atoms with Crippen LogP contribution in [0.1, 0.15) is 50.4 Å². The van der Waals surface area contributed by atoms with Gasteiger partial charge in [-0.3, -0.25) is 14.4 Å². The molecule has 0 amide bonds. The number of hydrogen-bond donors (Lipinski definition) is 2. The third kappa shape index (κ3) is 2.42. The molecule has 1 aromatic rings. The molecule has 202 valence electrons. The summed E-state index contributed by atoms with van der Waals surface area (Å²) in [6.07, 6.45) is -2.32. The monoisotopic (exact) mass is 524 g/mol. The maximum atomic E-state index is 14.2. The number of aliphatic hydroxyl groups is 2. The summed E-state index contributed by atoms with van der Waals surface area (Å²) in [5.74, 6) is -4.62. The molecule has 0 radical (unpaired) electrons. The minimum atomic E-state index is -1.77. The number of ketones is 2. The molecule has 1 spiro atoms. The zero-order valence-corrected chi connectivity index (χ0v) is 21.6. The smallest absolute Gasteiger partial charge is 0.338 e. The Hall–Kier alpha value is -2.62. The molecule has 5 saturated carbocycles. The van der Waals surface area contributed by atoms with Crippen molar-refractivity contribution in [3.8, 4) is 0 Å². The van der Waals surface area contributed by atoms with E-state index in [0.717, 1.165) is 6.42 Å². The molecule has 1 aromatic carbocycles. The zero-order valence-electron chi connectivity index (χ0n) is 21.6. The van der Waals surface area contributed by atoms with E-state index in [2.05, 4.69) is 0 Å². The summed E-state index contributed by atoms with van der Waals surface area (Å²) in [4.78, 5) is 54.1. The van der Waals surface area contributed by atoms with E-state index in [9.17, 15) is 29.4 Å². The van der Waals surface area contributed by atoms with E-state index in [1.54, 1.807) is 30.3 Å². The van der Waals surface area contributed by atoms with Gasteiger partial charge in [-0.25, -0.2) is 4.79 Å². The van der Waals surface area contributed by atoms with E-state index >= 15 is 0 Å². The van der Waals surface area contributed by atoms with Gasteiger partial charge in [0, 0.05) is 24.7 Å². The lowest BCUT2D eigenvalue weighted by Gasteiger charge is -2.85. The minimum Gasteiger partial charge on any atom is -0.455 e. The molecule has 1 aliphatic heterocycles. The zero-order chi connectivity index (χ0) is 27.0. The van der Waals surface area contributed by atoms with Gasteiger partial charge in [0.15, 0.2) is 5.60 Å². The fourth-order valence-electron chi connectivity index (χ4n) is 9.94. The van der Waals surface area contributed by atoms with E-state index in [1.807, 2.05) is 6.92 Å². The first-order valence-corrected chi connectivity index (χ1v) is 13.5. The van der Waals surface area contributed by atoms with Gasteiger partial charge in [0.1, 0.15) is 17.8 Å². The van der Waals surface area contributed by atoms with E-state index in [1.165, 1.54) is 13.8 Å². The maximum absolute atomic E-state index is 14.2. The van der Waals surface area contributed by atoms with Crippen molar-refractivity contribution in [1.82, 2.24) is 0 Å². The number of esters is 2. The highest BCUT2D eigenvalue weighted by molar-refractivity contribution is 6.40. The van der Waals surface area contributed by atoms with Crippen LogP contribution in [0.25, 0.3) is 0 Å². The number of aliphatic hydroxyl groups excluding tert-OH is 1. The summed E-state index contributed by atoms with van der Waals surface area (Å²) in [7, 11) is 0. The van der Waals surface area contributed by atoms with Crippen molar-refractivity contribution in [1.29, 1.82) is 0 Å². The number of rotatable bonds is 3. The summed E-state index contributed by atoms with van der Waals surface area (Å²) in [5.41, 5.74) is -5.46. The highest BCUT2D eigenvalue weighted by atomic mass is 16.6. The van der Waals surface area contributed by atoms with E-state index in [-0.39, 0.29) is 36.3 Å². The normalized spacial score (nSPS) is 51.5. The predicted molar refractivity (Wildman–Crippen MR) is 128 cm³/mol. The number of fused-ring (bicyclic) bond motifs is 3. The molecule has 0 aromatic heterocycles. The Labute approximate surface area is 219 Å². The summed E-state index contributed by atoms with van der Waals surface area (Å²) < 4.78 is 17.9. The lowest BCUT2D eigenvalue weighted by molar-refractivity contribution is -0.430. The van der Waals surface area contributed by atoms with Crippen molar-refractivity contribution in [3.63, 3.8) is 0 Å². The first-order valence-electron chi connectivity index (χ1n) is 13.5. The number of ether oxygens (including phenoxy) is 3. The van der Waals surface area contributed by atoms with Gasteiger partial charge in [-0.15, -0.1) is 0 Å².